The maximum Gasteiger partial charge on any atom is 0.225 e. The minimum absolute atomic E-state index is 0.396. The predicted octanol–water partition coefficient (Wildman–Crippen LogP) is 2.27. The number of aliphatic imine (C=N–C) groups is 1. The molecule has 2 aromatic rings. The van der Waals surface area contributed by atoms with Crippen molar-refractivity contribution in [3.63, 3.8) is 0 Å². The number of piperidine rings is 1. The molecule has 2 unspecified atom stereocenters. The van der Waals surface area contributed by atoms with Crippen LogP contribution in [0.4, 0.5) is 5.95 Å². The van der Waals surface area contributed by atoms with Crippen molar-refractivity contribution in [2.24, 2.45) is 10.9 Å². The van der Waals surface area contributed by atoms with E-state index in [9.17, 15) is 0 Å². The third-order valence-corrected chi connectivity index (χ3v) is 6.61. The maximum absolute atomic E-state index is 5.35. The molecule has 172 valence electrons. The van der Waals surface area contributed by atoms with Gasteiger partial charge in [-0.3, -0.25) is 9.89 Å². The quantitative estimate of drug-likeness (QED) is 0.568. The van der Waals surface area contributed by atoms with Gasteiger partial charge in [0.1, 0.15) is 5.75 Å². The fraction of sp³-hybridized carbons (Fsp3) is 0.542. The topological polar surface area (TPSA) is 69.1 Å². The normalized spacial score (nSPS) is 22.7. The van der Waals surface area contributed by atoms with Gasteiger partial charge in [-0.15, -0.1) is 0 Å². The fourth-order valence-corrected chi connectivity index (χ4v) is 4.93. The van der Waals surface area contributed by atoms with Crippen molar-refractivity contribution in [1.29, 1.82) is 0 Å². The van der Waals surface area contributed by atoms with Crippen LogP contribution in [0.5, 0.6) is 5.75 Å². The molecule has 2 fully saturated rings. The fourth-order valence-electron chi connectivity index (χ4n) is 4.93. The zero-order valence-corrected chi connectivity index (χ0v) is 19.4. The van der Waals surface area contributed by atoms with E-state index in [0.717, 1.165) is 56.9 Å². The second kappa shape index (κ2) is 10.6. The van der Waals surface area contributed by atoms with Gasteiger partial charge in [0.15, 0.2) is 5.96 Å². The highest BCUT2D eigenvalue weighted by Gasteiger charge is 2.31. The summed E-state index contributed by atoms with van der Waals surface area (Å²) in [5.74, 6) is 3.23. The van der Waals surface area contributed by atoms with Gasteiger partial charge in [-0.25, -0.2) is 9.97 Å². The lowest BCUT2D eigenvalue weighted by atomic mass is 9.85. The molecule has 1 N–H and O–H groups in total. The van der Waals surface area contributed by atoms with E-state index in [1.807, 2.05) is 13.1 Å². The lowest BCUT2D eigenvalue weighted by Crippen LogP contribution is -2.54. The minimum Gasteiger partial charge on any atom is -0.497 e. The van der Waals surface area contributed by atoms with Gasteiger partial charge in [0.2, 0.25) is 5.95 Å². The highest BCUT2D eigenvalue weighted by Crippen LogP contribution is 2.35. The summed E-state index contributed by atoms with van der Waals surface area (Å²) < 4.78 is 5.35. The SMILES string of the molecule is CN=C(NCC1CCCN(C)C1c1ccc(OC)cc1)N1CCN(c2ncccn2)CC1. The van der Waals surface area contributed by atoms with Crippen LogP contribution in [0.15, 0.2) is 47.7 Å². The Kier molecular flexibility index (Phi) is 7.42. The number of likely N-dealkylation sites (tertiary alicyclic amines) is 1. The van der Waals surface area contributed by atoms with Gasteiger partial charge in [-0.05, 0) is 56.1 Å². The summed E-state index contributed by atoms with van der Waals surface area (Å²) in [5.41, 5.74) is 1.35. The van der Waals surface area contributed by atoms with E-state index < -0.39 is 0 Å². The third kappa shape index (κ3) is 5.12. The van der Waals surface area contributed by atoms with Gasteiger partial charge in [0.25, 0.3) is 0 Å². The van der Waals surface area contributed by atoms with E-state index in [-0.39, 0.29) is 0 Å². The molecule has 0 bridgehead atoms. The summed E-state index contributed by atoms with van der Waals surface area (Å²) >= 11 is 0. The molecule has 1 aromatic carbocycles. The molecule has 32 heavy (non-hydrogen) atoms. The Morgan fingerprint density at radius 2 is 1.81 bits per heavy atom. The first-order valence-electron chi connectivity index (χ1n) is 11.5. The zero-order valence-electron chi connectivity index (χ0n) is 19.4. The van der Waals surface area contributed by atoms with Gasteiger partial charge in [0, 0.05) is 58.2 Å². The highest BCUT2D eigenvalue weighted by molar-refractivity contribution is 5.80. The second-order valence-corrected chi connectivity index (χ2v) is 8.55. The van der Waals surface area contributed by atoms with Crippen molar-refractivity contribution in [3.8, 4) is 5.75 Å². The highest BCUT2D eigenvalue weighted by atomic mass is 16.5. The third-order valence-electron chi connectivity index (χ3n) is 6.61. The first-order valence-corrected chi connectivity index (χ1v) is 11.5. The first kappa shape index (κ1) is 22.3. The van der Waals surface area contributed by atoms with E-state index in [4.69, 9.17) is 4.74 Å². The number of aromatic nitrogens is 2. The van der Waals surface area contributed by atoms with Crippen molar-refractivity contribution in [1.82, 2.24) is 25.1 Å². The van der Waals surface area contributed by atoms with E-state index >= 15 is 0 Å². The van der Waals surface area contributed by atoms with Gasteiger partial charge >= 0.3 is 0 Å². The number of hydrogen-bond acceptors (Lipinski definition) is 6. The van der Waals surface area contributed by atoms with Crippen LogP contribution in [0.25, 0.3) is 0 Å². The molecule has 8 heteroatoms. The summed E-state index contributed by atoms with van der Waals surface area (Å²) in [6.45, 7) is 5.65. The van der Waals surface area contributed by atoms with Crippen molar-refractivity contribution in [3.05, 3.63) is 48.3 Å². The lowest BCUT2D eigenvalue weighted by Gasteiger charge is -2.41. The average Bonchev–Trinajstić information content (AvgIpc) is 2.85. The summed E-state index contributed by atoms with van der Waals surface area (Å²) in [4.78, 5) is 20.4. The smallest absolute Gasteiger partial charge is 0.225 e. The zero-order chi connectivity index (χ0) is 22.3. The van der Waals surface area contributed by atoms with Gasteiger partial charge < -0.3 is 19.9 Å². The molecule has 0 aliphatic carbocycles. The van der Waals surface area contributed by atoms with Crippen LogP contribution < -0.4 is 15.0 Å². The molecule has 4 rings (SSSR count). The molecule has 2 aliphatic rings. The molecule has 3 heterocycles. The molecule has 0 saturated carbocycles. The molecule has 2 atom stereocenters. The first-order chi connectivity index (χ1) is 15.7. The van der Waals surface area contributed by atoms with E-state index in [1.165, 1.54) is 18.4 Å². The van der Waals surface area contributed by atoms with Crippen molar-refractivity contribution in [2.75, 3.05) is 65.4 Å². The number of anilines is 1. The Bertz CT molecular complexity index is 866. The molecule has 0 radical (unpaired) electrons. The molecule has 0 amide bonds. The largest absolute Gasteiger partial charge is 0.497 e. The lowest BCUT2D eigenvalue weighted by molar-refractivity contribution is 0.122. The minimum atomic E-state index is 0.396. The molecular formula is C24H35N7O. The van der Waals surface area contributed by atoms with Gasteiger partial charge in [-0.1, -0.05) is 12.1 Å². The second-order valence-electron chi connectivity index (χ2n) is 8.55. The summed E-state index contributed by atoms with van der Waals surface area (Å²) in [6, 6.07) is 10.8. The number of piperazine rings is 1. The monoisotopic (exact) mass is 437 g/mol. The Hall–Kier alpha value is -2.87. The van der Waals surface area contributed by atoms with E-state index in [1.54, 1.807) is 19.5 Å². The van der Waals surface area contributed by atoms with Crippen molar-refractivity contribution in [2.45, 2.75) is 18.9 Å². The number of ether oxygens (including phenoxy) is 1. The summed E-state index contributed by atoms with van der Waals surface area (Å²) in [6.07, 6.45) is 6.04. The van der Waals surface area contributed by atoms with Crippen LogP contribution in [0.1, 0.15) is 24.4 Å². The van der Waals surface area contributed by atoms with Crippen LogP contribution in [-0.4, -0.2) is 86.2 Å². The molecular weight excluding hydrogens is 402 g/mol. The Balaban J connectivity index is 1.36. The molecule has 8 nitrogen and oxygen atoms in total. The van der Waals surface area contributed by atoms with Crippen LogP contribution >= 0.6 is 0 Å². The Morgan fingerprint density at radius 1 is 1.09 bits per heavy atom. The van der Waals surface area contributed by atoms with Gasteiger partial charge in [-0.2, -0.15) is 0 Å². The number of hydrogen-bond donors (Lipinski definition) is 1. The summed E-state index contributed by atoms with van der Waals surface area (Å²) in [5, 5.41) is 3.68. The molecule has 1 aromatic heterocycles. The Labute approximate surface area is 191 Å². The van der Waals surface area contributed by atoms with E-state index in [0.29, 0.717) is 12.0 Å². The van der Waals surface area contributed by atoms with Crippen molar-refractivity contribution >= 4 is 11.9 Å². The molecule has 2 saturated heterocycles. The standard InChI is InChI=1S/C24H35N7O/c1-25-23(30-14-16-31(17-15-30)24-26-11-5-12-27-24)28-18-20-6-4-13-29(2)22(20)19-7-9-21(32-3)10-8-19/h5,7-12,20,22H,4,6,13-18H2,1-3H3,(H,25,28). The number of methoxy groups -OCH3 is 1. The number of nitrogens with zero attached hydrogens (tertiary/aromatic N) is 6. The predicted molar refractivity (Wildman–Crippen MR) is 128 cm³/mol. The average molecular weight is 438 g/mol. The Morgan fingerprint density at radius 3 is 2.47 bits per heavy atom. The molecule has 0 spiro atoms. The van der Waals surface area contributed by atoms with Crippen LogP contribution in [0, 0.1) is 5.92 Å². The van der Waals surface area contributed by atoms with Crippen LogP contribution in [0.2, 0.25) is 0 Å². The number of benzene rings is 1. The molecule has 2 aliphatic heterocycles. The van der Waals surface area contributed by atoms with Gasteiger partial charge in [0.05, 0.1) is 7.11 Å². The number of guanidine groups is 1. The number of rotatable bonds is 5. The van der Waals surface area contributed by atoms with Crippen molar-refractivity contribution < 1.29 is 4.74 Å². The number of nitrogens with one attached hydrogen (secondary N) is 1. The van der Waals surface area contributed by atoms with Crippen LogP contribution in [0.3, 0.4) is 0 Å². The van der Waals surface area contributed by atoms with Crippen LogP contribution in [-0.2, 0) is 0 Å². The van der Waals surface area contributed by atoms with E-state index in [2.05, 4.69) is 66.3 Å². The maximum atomic E-state index is 5.35. The summed E-state index contributed by atoms with van der Waals surface area (Å²) in [7, 11) is 5.83.